The number of nitrogens with zero attached hydrogens (tertiary/aromatic N) is 7. The van der Waals surface area contributed by atoms with Crippen molar-refractivity contribution in [1.29, 1.82) is 0 Å². The Bertz CT molecular complexity index is 1230. The summed E-state index contributed by atoms with van der Waals surface area (Å²) in [7, 11) is 0. The van der Waals surface area contributed by atoms with Crippen molar-refractivity contribution in [1.82, 2.24) is 29.5 Å². The van der Waals surface area contributed by atoms with Gasteiger partial charge in [-0.25, -0.2) is 4.98 Å². The second-order valence-electron chi connectivity index (χ2n) is 8.72. The summed E-state index contributed by atoms with van der Waals surface area (Å²) in [5.74, 6) is 1.46. The highest BCUT2D eigenvalue weighted by Crippen LogP contribution is 2.28. The molecule has 1 aromatic carbocycles. The predicted octanol–water partition coefficient (Wildman–Crippen LogP) is 3.40. The van der Waals surface area contributed by atoms with Crippen molar-refractivity contribution in [2.24, 2.45) is 5.73 Å². The van der Waals surface area contributed by atoms with Crippen LogP contribution in [0.1, 0.15) is 38.3 Å². The summed E-state index contributed by atoms with van der Waals surface area (Å²) in [6, 6.07) is 8.70. The number of hydrogen-bond donors (Lipinski definition) is 2. The van der Waals surface area contributed by atoms with E-state index < -0.39 is 0 Å². The molecule has 4 heterocycles. The summed E-state index contributed by atoms with van der Waals surface area (Å²) in [6.07, 6.45) is 8.91. The second-order valence-corrected chi connectivity index (χ2v) is 8.72. The maximum absolute atomic E-state index is 6.11. The summed E-state index contributed by atoms with van der Waals surface area (Å²) >= 11 is 0. The molecule has 1 saturated heterocycles. The van der Waals surface area contributed by atoms with E-state index in [2.05, 4.69) is 55.7 Å². The van der Waals surface area contributed by atoms with Crippen LogP contribution in [0.15, 0.2) is 49.2 Å². The predicted molar refractivity (Wildman–Crippen MR) is 130 cm³/mol. The van der Waals surface area contributed by atoms with Crippen LogP contribution in [0.25, 0.3) is 22.4 Å². The molecule has 170 valence electrons. The molecule has 0 aliphatic carbocycles. The molecule has 4 aromatic rings. The number of anilines is 2. The normalized spacial score (nSPS) is 14.8. The molecule has 0 bridgehead atoms. The monoisotopic (exact) mass is 443 g/mol. The van der Waals surface area contributed by atoms with Gasteiger partial charge in [0.15, 0.2) is 17.0 Å². The summed E-state index contributed by atoms with van der Waals surface area (Å²) in [5.41, 5.74) is 10.7. The highest BCUT2D eigenvalue weighted by molar-refractivity contribution is 5.84. The van der Waals surface area contributed by atoms with Crippen LogP contribution in [0, 0.1) is 0 Å². The lowest BCUT2D eigenvalue weighted by atomic mass is 10.0. The molecule has 9 nitrogen and oxygen atoms in total. The average Bonchev–Trinajstić information content (AvgIpc) is 3.28. The van der Waals surface area contributed by atoms with Gasteiger partial charge in [0.25, 0.3) is 0 Å². The van der Waals surface area contributed by atoms with Crippen LogP contribution in [0.3, 0.4) is 0 Å². The Morgan fingerprint density at radius 1 is 1.09 bits per heavy atom. The topological polar surface area (TPSA) is 111 Å². The minimum absolute atomic E-state index is 0.248. The van der Waals surface area contributed by atoms with Gasteiger partial charge in [-0.15, -0.1) is 0 Å². The maximum atomic E-state index is 6.11. The molecular formula is C24H29N9. The number of nitrogens with one attached hydrogen (secondary N) is 1. The molecule has 1 fully saturated rings. The first-order valence-electron chi connectivity index (χ1n) is 11.4. The molecule has 0 spiro atoms. The first-order valence-corrected chi connectivity index (χ1v) is 11.4. The minimum atomic E-state index is 0.248. The smallest absolute Gasteiger partial charge is 0.229 e. The summed E-state index contributed by atoms with van der Waals surface area (Å²) in [5, 5.41) is 3.53. The van der Waals surface area contributed by atoms with Crippen LogP contribution in [-0.2, 0) is 6.54 Å². The van der Waals surface area contributed by atoms with Crippen LogP contribution in [0.5, 0.6) is 0 Å². The molecule has 0 radical (unpaired) electrons. The van der Waals surface area contributed by atoms with Gasteiger partial charge in [-0.05, 0) is 32.3 Å². The van der Waals surface area contributed by atoms with Gasteiger partial charge >= 0.3 is 0 Å². The van der Waals surface area contributed by atoms with E-state index >= 15 is 0 Å². The zero-order chi connectivity index (χ0) is 22.8. The highest BCUT2D eigenvalue weighted by atomic mass is 15.3. The van der Waals surface area contributed by atoms with E-state index in [1.54, 1.807) is 18.6 Å². The summed E-state index contributed by atoms with van der Waals surface area (Å²) in [4.78, 5) is 25.4. The average molecular weight is 444 g/mol. The third-order valence-electron chi connectivity index (χ3n) is 6.09. The van der Waals surface area contributed by atoms with Crippen molar-refractivity contribution in [3.8, 4) is 11.3 Å². The van der Waals surface area contributed by atoms with Gasteiger partial charge in [-0.2, -0.15) is 9.97 Å². The lowest BCUT2D eigenvalue weighted by Gasteiger charge is -2.30. The van der Waals surface area contributed by atoms with E-state index in [9.17, 15) is 0 Å². The molecule has 5 rings (SSSR count). The quantitative estimate of drug-likeness (QED) is 0.466. The van der Waals surface area contributed by atoms with Crippen molar-refractivity contribution in [3.05, 3.63) is 54.7 Å². The van der Waals surface area contributed by atoms with Crippen LogP contribution in [-0.4, -0.2) is 48.6 Å². The standard InChI is InChI=1S/C24H29N9/c1-16(2)33-15-29-21-22(30-24(31-23(21)33)32-11-7-18(25)8-12-32)28-13-17-5-3-4-6-19(17)20-14-26-9-10-27-20/h3-6,9-10,14-16,18H,7-8,11-13,25H2,1-2H3,(H,28,30,31). The molecule has 1 aliphatic rings. The summed E-state index contributed by atoms with van der Waals surface area (Å²) in [6.45, 7) is 6.56. The Balaban J connectivity index is 1.49. The van der Waals surface area contributed by atoms with Gasteiger partial charge in [0.05, 0.1) is 18.2 Å². The van der Waals surface area contributed by atoms with Crippen LogP contribution < -0.4 is 16.0 Å². The minimum Gasteiger partial charge on any atom is -0.364 e. The molecule has 0 saturated carbocycles. The van der Waals surface area contributed by atoms with E-state index in [1.165, 1.54) is 0 Å². The fraction of sp³-hybridized carbons (Fsp3) is 0.375. The Hall–Kier alpha value is -3.59. The van der Waals surface area contributed by atoms with E-state index in [4.69, 9.17) is 15.7 Å². The number of benzene rings is 1. The zero-order valence-corrected chi connectivity index (χ0v) is 19.0. The first kappa shape index (κ1) is 21.3. The van der Waals surface area contributed by atoms with Crippen molar-refractivity contribution in [2.75, 3.05) is 23.3 Å². The lowest BCUT2D eigenvalue weighted by Crippen LogP contribution is -2.40. The number of piperidine rings is 1. The fourth-order valence-electron chi connectivity index (χ4n) is 4.19. The number of nitrogens with two attached hydrogens (primary N) is 1. The summed E-state index contributed by atoms with van der Waals surface area (Å²) < 4.78 is 2.09. The number of aromatic nitrogens is 6. The molecular weight excluding hydrogens is 414 g/mol. The molecule has 9 heteroatoms. The van der Waals surface area contributed by atoms with Gasteiger partial charge < -0.3 is 20.5 Å². The van der Waals surface area contributed by atoms with Gasteiger partial charge in [-0.3, -0.25) is 9.97 Å². The maximum Gasteiger partial charge on any atom is 0.229 e. The van der Waals surface area contributed by atoms with E-state index in [0.29, 0.717) is 6.54 Å². The van der Waals surface area contributed by atoms with Crippen LogP contribution in [0.4, 0.5) is 11.8 Å². The molecule has 0 unspecified atom stereocenters. The fourth-order valence-corrected chi connectivity index (χ4v) is 4.19. The van der Waals surface area contributed by atoms with Crippen molar-refractivity contribution in [3.63, 3.8) is 0 Å². The van der Waals surface area contributed by atoms with Gasteiger partial charge in [0, 0.05) is 49.7 Å². The molecule has 0 atom stereocenters. The van der Waals surface area contributed by atoms with Crippen molar-refractivity contribution < 1.29 is 0 Å². The number of imidazole rings is 1. The van der Waals surface area contributed by atoms with Crippen LogP contribution in [0.2, 0.25) is 0 Å². The zero-order valence-electron chi connectivity index (χ0n) is 19.0. The van der Waals surface area contributed by atoms with E-state index in [0.717, 1.165) is 65.7 Å². The third kappa shape index (κ3) is 4.36. The van der Waals surface area contributed by atoms with Crippen molar-refractivity contribution >= 4 is 22.9 Å². The van der Waals surface area contributed by atoms with E-state index in [1.807, 2.05) is 18.5 Å². The van der Waals surface area contributed by atoms with Gasteiger partial charge in [0.1, 0.15) is 0 Å². The second kappa shape index (κ2) is 9.11. The number of fused-ring (bicyclic) bond motifs is 1. The van der Waals surface area contributed by atoms with Crippen molar-refractivity contribution in [2.45, 2.75) is 45.3 Å². The molecule has 33 heavy (non-hydrogen) atoms. The first-order chi connectivity index (χ1) is 16.1. The molecule has 3 N–H and O–H groups in total. The number of hydrogen-bond acceptors (Lipinski definition) is 8. The number of rotatable bonds is 6. The SMILES string of the molecule is CC(C)n1cnc2c(NCc3ccccc3-c3cnccn3)nc(N3CCC(N)CC3)nc21. The lowest BCUT2D eigenvalue weighted by molar-refractivity contribution is 0.495. The molecule has 0 amide bonds. The molecule has 3 aromatic heterocycles. The van der Waals surface area contributed by atoms with Crippen LogP contribution >= 0.6 is 0 Å². The Morgan fingerprint density at radius 3 is 2.67 bits per heavy atom. The van der Waals surface area contributed by atoms with Gasteiger partial charge in [0.2, 0.25) is 5.95 Å². The third-order valence-corrected chi connectivity index (χ3v) is 6.09. The Morgan fingerprint density at radius 2 is 1.91 bits per heavy atom. The highest BCUT2D eigenvalue weighted by Gasteiger charge is 2.22. The largest absolute Gasteiger partial charge is 0.364 e. The molecule has 1 aliphatic heterocycles. The Kier molecular flexibility index (Phi) is 5.87. The Labute approximate surface area is 193 Å². The van der Waals surface area contributed by atoms with Gasteiger partial charge in [-0.1, -0.05) is 24.3 Å². The van der Waals surface area contributed by atoms with E-state index in [-0.39, 0.29) is 12.1 Å².